The maximum atomic E-state index is 12.9. The minimum atomic E-state index is -0.818. The van der Waals surface area contributed by atoms with Gasteiger partial charge in [0.25, 0.3) is 0 Å². The number of esters is 3. The van der Waals surface area contributed by atoms with Gasteiger partial charge in [0.2, 0.25) is 0 Å². The summed E-state index contributed by atoms with van der Waals surface area (Å²) in [7, 11) is 0. The van der Waals surface area contributed by atoms with E-state index >= 15 is 0 Å². The second-order valence-electron chi connectivity index (χ2n) is 20.5. The Morgan fingerprint density at radius 3 is 0.831 bits per heavy atom. The Labute approximate surface area is 475 Å². The van der Waals surface area contributed by atoms with Gasteiger partial charge in [0.15, 0.2) is 6.10 Å². The fourth-order valence-electron chi connectivity index (χ4n) is 8.44. The molecule has 0 amide bonds. The molecule has 0 N–H and O–H groups in total. The van der Waals surface area contributed by atoms with Gasteiger partial charge in [0, 0.05) is 19.3 Å². The maximum absolute atomic E-state index is 12.9. The average molecular weight is 1070 g/mol. The fraction of sp³-hybridized carbons (Fsp3) is 0.648. The number of unbranched alkanes of at least 4 members (excludes halogenated alkanes) is 23. The molecule has 0 heterocycles. The van der Waals surface area contributed by atoms with E-state index in [9.17, 15) is 14.4 Å². The van der Waals surface area contributed by atoms with E-state index in [2.05, 4.69) is 154 Å². The first-order valence-electron chi connectivity index (χ1n) is 31.7. The van der Waals surface area contributed by atoms with Crippen molar-refractivity contribution in [3.05, 3.63) is 134 Å². The van der Waals surface area contributed by atoms with Gasteiger partial charge in [-0.2, -0.15) is 0 Å². The van der Waals surface area contributed by atoms with Crippen LogP contribution in [0, 0.1) is 0 Å². The summed E-state index contributed by atoms with van der Waals surface area (Å²) >= 11 is 0. The van der Waals surface area contributed by atoms with Crippen molar-refractivity contribution in [1.29, 1.82) is 0 Å². The third-order valence-corrected chi connectivity index (χ3v) is 13.1. The molecular weight excluding hydrogens is 949 g/mol. The molecule has 0 bridgehead atoms. The van der Waals surface area contributed by atoms with Gasteiger partial charge < -0.3 is 14.2 Å². The van der Waals surface area contributed by atoms with Crippen molar-refractivity contribution in [3.8, 4) is 0 Å². The Bertz CT molecular complexity index is 1650. The molecule has 6 nitrogen and oxygen atoms in total. The predicted octanol–water partition coefficient (Wildman–Crippen LogP) is 21.8. The summed E-state index contributed by atoms with van der Waals surface area (Å²) in [6, 6.07) is 0. The molecule has 77 heavy (non-hydrogen) atoms. The molecule has 0 saturated heterocycles. The first-order chi connectivity index (χ1) is 38.0. The van der Waals surface area contributed by atoms with Gasteiger partial charge in [-0.05, 0) is 128 Å². The predicted molar refractivity (Wildman–Crippen MR) is 334 cm³/mol. The Morgan fingerprint density at radius 2 is 0.519 bits per heavy atom. The lowest BCUT2D eigenvalue weighted by Gasteiger charge is -2.18. The van der Waals surface area contributed by atoms with Gasteiger partial charge in [0.05, 0.1) is 0 Å². The van der Waals surface area contributed by atoms with Crippen LogP contribution >= 0.6 is 0 Å². The number of carbonyl (C=O) groups excluding carboxylic acids is 3. The van der Waals surface area contributed by atoms with Crippen LogP contribution in [0.5, 0.6) is 0 Å². The smallest absolute Gasteiger partial charge is 0.306 e. The number of ether oxygens (including phenoxy) is 3. The number of rotatable bonds is 56. The van der Waals surface area contributed by atoms with Crippen molar-refractivity contribution in [2.24, 2.45) is 0 Å². The van der Waals surface area contributed by atoms with E-state index in [1.54, 1.807) is 0 Å². The summed E-state index contributed by atoms with van der Waals surface area (Å²) in [5.74, 6) is -0.974. The monoisotopic (exact) mass is 1060 g/mol. The molecule has 0 aromatic carbocycles. The highest BCUT2D eigenvalue weighted by atomic mass is 16.6. The van der Waals surface area contributed by atoms with Crippen LogP contribution < -0.4 is 0 Å². The second-order valence-corrected chi connectivity index (χ2v) is 20.5. The third-order valence-electron chi connectivity index (χ3n) is 13.1. The molecule has 0 aliphatic heterocycles. The summed E-state index contributed by atoms with van der Waals surface area (Å²) < 4.78 is 16.9. The highest BCUT2D eigenvalue weighted by Gasteiger charge is 2.19. The molecule has 1 atom stereocenters. The Balaban J connectivity index is 4.43. The van der Waals surface area contributed by atoms with Crippen molar-refractivity contribution in [2.75, 3.05) is 13.2 Å². The van der Waals surface area contributed by atoms with E-state index in [-0.39, 0.29) is 37.5 Å². The Morgan fingerprint density at radius 1 is 0.273 bits per heavy atom. The summed E-state index contributed by atoms with van der Waals surface area (Å²) in [5, 5.41) is 0. The topological polar surface area (TPSA) is 78.9 Å². The average Bonchev–Trinajstić information content (AvgIpc) is 3.43. The van der Waals surface area contributed by atoms with Crippen molar-refractivity contribution in [3.63, 3.8) is 0 Å². The van der Waals surface area contributed by atoms with Crippen molar-refractivity contribution >= 4 is 17.9 Å². The zero-order chi connectivity index (χ0) is 55.7. The molecule has 1 unspecified atom stereocenters. The quantitative estimate of drug-likeness (QED) is 0.0261. The molecule has 0 fully saturated rings. The van der Waals surface area contributed by atoms with Gasteiger partial charge in [-0.1, -0.05) is 264 Å². The van der Waals surface area contributed by atoms with Gasteiger partial charge in [0.1, 0.15) is 13.2 Å². The SMILES string of the molecule is CC/C=C\C/C=C\C/C=C\C/C=C\C/C=C\CCCC(=O)OC(COC(=O)CCCCCCCCC/C=C\C/C=C\CCCCC)COC(=O)CCCCCCCCCCCCCC/C=C\C/C=C\C/C=C\C/C=C\CC. The van der Waals surface area contributed by atoms with E-state index in [1.807, 2.05) is 0 Å². The Hall–Kier alpha value is -4.45. The lowest BCUT2D eigenvalue weighted by atomic mass is 10.0. The van der Waals surface area contributed by atoms with Crippen LogP contribution in [0.1, 0.15) is 278 Å². The molecule has 436 valence electrons. The van der Waals surface area contributed by atoms with Crippen LogP contribution in [-0.2, 0) is 28.6 Å². The number of carbonyl (C=O) groups is 3. The highest BCUT2D eigenvalue weighted by molar-refractivity contribution is 5.71. The summed E-state index contributed by atoms with van der Waals surface area (Å²) in [4.78, 5) is 38.3. The normalized spacial score (nSPS) is 13.0. The lowest BCUT2D eigenvalue weighted by molar-refractivity contribution is -0.167. The largest absolute Gasteiger partial charge is 0.462 e. The molecule has 0 aromatic rings. The van der Waals surface area contributed by atoms with Crippen LogP contribution in [-0.4, -0.2) is 37.2 Å². The van der Waals surface area contributed by atoms with Crippen molar-refractivity contribution in [1.82, 2.24) is 0 Å². The molecule has 0 spiro atoms. The second kappa shape index (κ2) is 64.1. The molecular formula is C71H116O6. The van der Waals surface area contributed by atoms with Crippen LogP contribution in [0.3, 0.4) is 0 Å². The first-order valence-corrected chi connectivity index (χ1v) is 31.7. The summed E-state index contributed by atoms with van der Waals surface area (Å²) in [6.07, 6.45) is 90.3. The summed E-state index contributed by atoms with van der Waals surface area (Å²) in [5.41, 5.74) is 0. The highest BCUT2D eigenvalue weighted by Crippen LogP contribution is 2.15. The van der Waals surface area contributed by atoms with Gasteiger partial charge in [-0.15, -0.1) is 0 Å². The number of allylic oxidation sites excluding steroid dienone is 22. The zero-order valence-corrected chi connectivity index (χ0v) is 49.9. The molecule has 0 radical (unpaired) electrons. The van der Waals surface area contributed by atoms with Crippen LogP contribution in [0.25, 0.3) is 0 Å². The molecule has 6 heteroatoms. The van der Waals surface area contributed by atoms with Crippen molar-refractivity contribution < 1.29 is 28.6 Å². The molecule has 0 aliphatic rings. The van der Waals surface area contributed by atoms with Gasteiger partial charge in [-0.3, -0.25) is 14.4 Å². The lowest BCUT2D eigenvalue weighted by Crippen LogP contribution is -2.30. The van der Waals surface area contributed by atoms with Gasteiger partial charge >= 0.3 is 17.9 Å². The minimum absolute atomic E-state index is 0.107. The van der Waals surface area contributed by atoms with Crippen molar-refractivity contribution in [2.45, 2.75) is 284 Å². The van der Waals surface area contributed by atoms with Gasteiger partial charge in [-0.25, -0.2) is 0 Å². The maximum Gasteiger partial charge on any atom is 0.306 e. The first kappa shape index (κ1) is 72.5. The van der Waals surface area contributed by atoms with E-state index in [1.165, 1.54) is 116 Å². The third kappa shape index (κ3) is 62.3. The standard InChI is InChI=1S/C71H116O6/c1-4-7-10-13-16-19-22-25-28-31-32-33-34-35-36-37-38-41-43-46-49-52-55-58-61-64-70(73)76-67-68(77-71(74)65-62-59-56-53-50-47-44-40-30-27-24-21-18-15-12-9-6-3)66-75-69(72)63-60-57-54-51-48-45-42-39-29-26-23-20-17-14-11-8-5-2/h7,9-10,12,16-21,25-30,32-33,44,47,53,56,68H,4-6,8,11,13-15,22-24,31,34-43,45-46,48-52,54-55,57-67H2,1-3H3/b10-7-,12-9-,19-16-,20-17-,21-18-,28-25-,29-26-,30-27-,33-32-,47-44-,56-53-. The minimum Gasteiger partial charge on any atom is -0.462 e. The zero-order valence-electron chi connectivity index (χ0n) is 49.9. The number of hydrogen-bond acceptors (Lipinski definition) is 6. The summed E-state index contributed by atoms with van der Waals surface area (Å²) in [6.45, 7) is 6.34. The number of hydrogen-bond donors (Lipinski definition) is 0. The molecule has 0 aromatic heterocycles. The van der Waals surface area contributed by atoms with E-state index in [0.717, 1.165) is 116 Å². The molecule has 0 rings (SSSR count). The van der Waals surface area contributed by atoms with E-state index < -0.39 is 6.10 Å². The molecule has 0 saturated carbocycles. The Kier molecular flexibility index (Phi) is 60.4. The van der Waals surface area contributed by atoms with Crippen LogP contribution in [0.15, 0.2) is 134 Å². The fourth-order valence-corrected chi connectivity index (χ4v) is 8.44. The molecule has 0 aliphatic carbocycles. The van der Waals surface area contributed by atoms with Crippen LogP contribution in [0.2, 0.25) is 0 Å². The van der Waals surface area contributed by atoms with E-state index in [4.69, 9.17) is 14.2 Å². The van der Waals surface area contributed by atoms with Crippen LogP contribution in [0.4, 0.5) is 0 Å². The van der Waals surface area contributed by atoms with E-state index in [0.29, 0.717) is 19.3 Å².